The molecule has 0 radical (unpaired) electrons. The van der Waals surface area contributed by atoms with Gasteiger partial charge in [0, 0.05) is 18.6 Å². The van der Waals surface area contributed by atoms with E-state index in [1.807, 2.05) is 20.9 Å². The van der Waals surface area contributed by atoms with Crippen molar-refractivity contribution in [2.75, 3.05) is 26.8 Å². The molecule has 0 amide bonds. The maximum absolute atomic E-state index is 12.1. The number of likely N-dealkylation sites (N-methyl/N-ethyl adjacent to an activating group) is 1. The molecule has 1 fully saturated rings. The molecule has 1 rings (SSSR count). The zero-order chi connectivity index (χ0) is 15.3. The largest absolute Gasteiger partial charge is 0.465 e. The lowest BCUT2D eigenvalue weighted by Gasteiger charge is -2.43. The van der Waals surface area contributed by atoms with Gasteiger partial charge in [0.2, 0.25) is 0 Å². The molecule has 0 bridgehead atoms. The number of esters is 1. The Balaban J connectivity index is 2.70. The average molecular weight is 286 g/mol. The minimum Gasteiger partial charge on any atom is -0.465 e. The van der Waals surface area contributed by atoms with Crippen molar-refractivity contribution >= 4 is 5.97 Å². The van der Waals surface area contributed by atoms with E-state index < -0.39 is 5.54 Å². The molecule has 5 nitrogen and oxygen atoms in total. The first-order valence-corrected chi connectivity index (χ1v) is 7.57. The molecule has 5 heteroatoms. The van der Waals surface area contributed by atoms with Crippen LogP contribution in [0.25, 0.3) is 0 Å². The van der Waals surface area contributed by atoms with Crippen LogP contribution < -0.4 is 5.32 Å². The van der Waals surface area contributed by atoms with Crippen LogP contribution in [0, 0.1) is 0 Å². The standard InChI is InChI=1S/C15H30N2O3/c1-7-19-14(18)15(5,16-6)8-11(2)17-9-13(4)20-10-12(17)3/h11-13,16H,7-10H2,1-6H3. The SMILES string of the molecule is CCOC(=O)C(C)(CC(C)N1CC(C)OCC1C)NC. The summed E-state index contributed by atoms with van der Waals surface area (Å²) in [6.07, 6.45) is 0.969. The fourth-order valence-corrected chi connectivity index (χ4v) is 2.83. The predicted molar refractivity (Wildman–Crippen MR) is 79.8 cm³/mol. The zero-order valence-corrected chi connectivity index (χ0v) is 13.7. The maximum atomic E-state index is 12.1. The Morgan fingerprint density at radius 1 is 1.55 bits per heavy atom. The quantitative estimate of drug-likeness (QED) is 0.748. The van der Waals surface area contributed by atoms with Gasteiger partial charge >= 0.3 is 5.97 Å². The Bertz CT molecular complexity index is 324. The van der Waals surface area contributed by atoms with Gasteiger partial charge in [-0.3, -0.25) is 9.69 Å². The number of rotatable bonds is 6. The molecular formula is C15H30N2O3. The number of ether oxygens (including phenoxy) is 2. The molecule has 118 valence electrons. The summed E-state index contributed by atoms with van der Waals surface area (Å²) in [6.45, 7) is 12.3. The van der Waals surface area contributed by atoms with Crippen LogP contribution >= 0.6 is 0 Å². The van der Waals surface area contributed by atoms with Gasteiger partial charge in [0.15, 0.2) is 0 Å². The van der Waals surface area contributed by atoms with E-state index in [4.69, 9.17) is 9.47 Å². The number of hydrogen-bond donors (Lipinski definition) is 1. The maximum Gasteiger partial charge on any atom is 0.326 e. The molecule has 0 saturated carbocycles. The van der Waals surface area contributed by atoms with Gasteiger partial charge in [0.1, 0.15) is 5.54 Å². The molecule has 1 heterocycles. The van der Waals surface area contributed by atoms with Crippen molar-refractivity contribution in [2.45, 2.75) is 64.8 Å². The highest BCUT2D eigenvalue weighted by Gasteiger charge is 2.38. The molecule has 0 aliphatic carbocycles. The van der Waals surface area contributed by atoms with Crippen molar-refractivity contribution < 1.29 is 14.3 Å². The first-order valence-electron chi connectivity index (χ1n) is 7.57. The van der Waals surface area contributed by atoms with Crippen LogP contribution in [0.4, 0.5) is 0 Å². The minimum atomic E-state index is -0.642. The number of morpholine rings is 1. The van der Waals surface area contributed by atoms with Gasteiger partial charge in [-0.2, -0.15) is 0 Å². The minimum absolute atomic E-state index is 0.177. The Morgan fingerprint density at radius 3 is 2.75 bits per heavy atom. The smallest absolute Gasteiger partial charge is 0.326 e. The Kier molecular flexibility index (Phi) is 6.43. The Morgan fingerprint density at radius 2 is 2.20 bits per heavy atom. The summed E-state index contributed by atoms with van der Waals surface area (Å²) in [6, 6.07) is 0.669. The van der Waals surface area contributed by atoms with Crippen molar-refractivity contribution in [3.8, 4) is 0 Å². The van der Waals surface area contributed by atoms with E-state index in [-0.39, 0.29) is 12.1 Å². The van der Waals surface area contributed by atoms with Gasteiger partial charge in [0.05, 0.1) is 19.3 Å². The summed E-state index contributed by atoms with van der Waals surface area (Å²) in [5, 5.41) is 3.13. The van der Waals surface area contributed by atoms with E-state index >= 15 is 0 Å². The highest BCUT2D eigenvalue weighted by Crippen LogP contribution is 2.22. The van der Waals surface area contributed by atoms with E-state index in [0.29, 0.717) is 18.7 Å². The normalized spacial score (nSPS) is 28.7. The number of hydrogen-bond acceptors (Lipinski definition) is 5. The van der Waals surface area contributed by atoms with Crippen molar-refractivity contribution in [3.63, 3.8) is 0 Å². The van der Waals surface area contributed by atoms with Gasteiger partial charge in [-0.15, -0.1) is 0 Å². The molecule has 1 aliphatic rings. The molecule has 1 aliphatic heterocycles. The van der Waals surface area contributed by atoms with Crippen molar-refractivity contribution in [1.82, 2.24) is 10.2 Å². The first-order chi connectivity index (χ1) is 9.34. The van der Waals surface area contributed by atoms with Crippen molar-refractivity contribution in [2.24, 2.45) is 0 Å². The lowest BCUT2D eigenvalue weighted by molar-refractivity contribution is -0.151. The summed E-state index contributed by atoms with van der Waals surface area (Å²) < 4.78 is 10.9. The fraction of sp³-hybridized carbons (Fsp3) is 0.933. The summed E-state index contributed by atoms with van der Waals surface area (Å²) in [5.74, 6) is -0.177. The fourth-order valence-electron chi connectivity index (χ4n) is 2.83. The molecule has 1 saturated heterocycles. The molecule has 0 aromatic rings. The number of carbonyl (C=O) groups is 1. The number of nitrogens with one attached hydrogen (secondary N) is 1. The van der Waals surface area contributed by atoms with E-state index in [1.54, 1.807) is 0 Å². The van der Waals surface area contributed by atoms with E-state index in [2.05, 4.69) is 31.0 Å². The van der Waals surface area contributed by atoms with Crippen molar-refractivity contribution in [1.29, 1.82) is 0 Å². The van der Waals surface area contributed by atoms with Crippen LogP contribution in [0.2, 0.25) is 0 Å². The summed E-state index contributed by atoms with van der Waals surface area (Å²) in [4.78, 5) is 14.6. The summed E-state index contributed by atoms with van der Waals surface area (Å²) >= 11 is 0. The van der Waals surface area contributed by atoms with Gasteiger partial charge in [0.25, 0.3) is 0 Å². The monoisotopic (exact) mass is 286 g/mol. The molecule has 1 N–H and O–H groups in total. The van der Waals surface area contributed by atoms with Crippen molar-refractivity contribution in [3.05, 3.63) is 0 Å². The molecule has 0 aromatic carbocycles. The average Bonchev–Trinajstić information content (AvgIpc) is 2.41. The predicted octanol–water partition coefficient (Wildman–Crippen LogP) is 1.42. The Hall–Kier alpha value is -0.650. The third-order valence-electron chi connectivity index (χ3n) is 4.20. The molecule has 4 atom stereocenters. The molecular weight excluding hydrogens is 256 g/mol. The van der Waals surface area contributed by atoms with Crippen LogP contribution in [0.15, 0.2) is 0 Å². The molecule has 4 unspecified atom stereocenters. The van der Waals surface area contributed by atoms with E-state index in [0.717, 1.165) is 19.6 Å². The summed E-state index contributed by atoms with van der Waals surface area (Å²) in [7, 11) is 1.81. The molecule has 0 aromatic heterocycles. The van der Waals surface area contributed by atoms with Crippen LogP contribution in [-0.4, -0.2) is 61.4 Å². The van der Waals surface area contributed by atoms with Gasteiger partial charge in [-0.05, 0) is 48.1 Å². The third kappa shape index (κ3) is 4.17. The number of carbonyl (C=O) groups excluding carboxylic acids is 1. The zero-order valence-electron chi connectivity index (χ0n) is 13.7. The molecule has 0 spiro atoms. The van der Waals surface area contributed by atoms with Crippen LogP contribution in [0.3, 0.4) is 0 Å². The van der Waals surface area contributed by atoms with Gasteiger partial charge in [-0.25, -0.2) is 0 Å². The van der Waals surface area contributed by atoms with Crippen LogP contribution in [0.5, 0.6) is 0 Å². The first kappa shape index (κ1) is 17.4. The van der Waals surface area contributed by atoms with Gasteiger partial charge < -0.3 is 14.8 Å². The van der Waals surface area contributed by atoms with Crippen LogP contribution in [-0.2, 0) is 14.3 Å². The third-order valence-corrected chi connectivity index (χ3v) is 4.20. The van der Waals surface area contributed by atoms with E-state index in [1.165, 1.54) is 0 Å². The molecule has 20 heavy (non-hydrogen) atoms. The van der Waals surface area contributed by atoms with E-state index in [9.17, 15) is 4.79 Å². The Labute approximate surface area is 123 Å². The second-order valence-corrected chi connectivity index (χ2v) is 6.05. The lowest BCUT2D eigenvalue weighted by Crippen LogP contribution is -2.57. The topological polar surface area (TPSA) is 50.8 Å². The summed E-state index contributed by atoms with van der Waals surface area (Å²) in [5.41, 5.74) is -0.642. The second-order valence-electron chi connectivity index (χ2n) is 6.05. The van der Waals surface area contributed by atoms with Crippen LogP contribution in [0.1, 0.15) is 41.0 Å². The number of nitrogens with zero attached hydrogens (tertiary/aromatic N) is 1. The highest BCUT2D eigenvalue weighted by molar-refractivity contribution is 5.80. The lowest BCUT2D eigenvalue weighted by atomic mass is 9.92. The highest BCUT2D eigenvalue weighted by atomic mass is 16.5. The second kappa shape index (κ2) is 7.38. The van der Waals surface area contributed by atoms with Gasteiger partial charge in [-0.1, -0.05) is 0 Å².